The van der Waals surface area contributed by atoms with E-state index >= 15 is 0 Å². The van der Waals surface area contributed by atoms with E-state index < -0.39 is 5.60 Å². The molecule has 0 radical (unpaired) electrons. The fraction of sp³-hybridized carbons (Fsp3) is 0.611. The second-order valence-electron chi connectivity index (χ2n) is 6.30. The quantitative estimate of drug-likeness (QED) is 0.730. The zero-order chi connectivity index (χ0) is 17.7. The molecule has 0 bridgehead atoms. The number of benzene rings is 1. The largest absolute Gasteiger partial charge is 0.487 e. The van der Waals surface area contributed by atoms with E-state index in [2.05, 4.69) is 5.32 Å². The SMILES string of the molecule is CCO[C@@](C)(C(=O)Nc1ccc(O[C@@H](C)COC)c(Cl)c1)C1CC1. The van der Waals surface area contributed by atoms with Crippen molar-refractivity contribution in [3.05, 3.63) is 23.2 Å². The lowest BCUT2D eigenvalue weighted by Gasteiger charge is -2.28. The Morgan fingerprint density at radius 2 is 2.17 bits per heavy atom. The van der Waals surface area contributed by atoms with Crippen LogP contribution in [0.5, 0.6) is 5.75 Å². The number of hydrogen-bond donors (Lipinski definition) is 1. The second-order valence-corrected chi connectivity index (χ2v) is 6.70. The minimum absolute atomic E-state index is 0.107. The summed E-state index contributed by atoms with van der Waals surface area (Å²) in [5.41, 5.74) is -0.160. The number of methoxy groups -OCH3 is 1. The van der Waals surface area contributed by atoms with E-state index in [0.29, 0.717) is 29.7 Å². The Morgan fingerprint density at radius 3 is 2.71 bits per heavy atom. The van der Waals surface area contributed by atoms with E-state index in [1.165, 1.54) is 0 Å². The maximum absolute atomic E-state index is 12.6. The molecule has 2 rings (SSSR count). The first-order chi connectivity index (χ1) is 11.4. The van der Waals surface area contributed by atoms with Crippen molar-refractivity contribution >= 4 is 23.2 Å². The first kappa shape index (κ1) is 19.0. The van der Waals surface area contributed by atoms with Gasteiger partial charge in [-0.2, -0.15) is 0 Å². The molecule has 0 spiro atoms. The second kappa shape index (κ2) is 8.19. The Bertz CT molecular complexity index is 576. The molecule has 1 aliphatic rings. The lowest BCUT2D eigenvalue weighted by atomic mass is 9.99. The zero-order valence-electron chi connectivity index (χ0n) is 14.7. The van der Waals surface area contributed by atoms with Gasteiger partial charge >= 0.3 is 0 Å². The minimum atomic E-state index is -0.788. The molecule has 1 aliphatic carbocycles. The van der Waals surface area contributed by atoms with Crippen LogP contribution in [0.4, 0.5) is 5.69 Å². The Balaban J connectivity index is 2.04. The van der Waals surface area contributed by atoms with Gasteiger partial charge in [0, 0.05) is 19.4 Å². The summed E-state index contributed by atoms with van der Waals surface area (Å²) >= 11 is 6.26. The molecular formula is C18H26ClNO4. The monoisotopic (exact) mass is 355 g/mol. The molecule has 1 aromatic carbocycles. The molecule has 1 amide bonds. The van der Waals surface area contributed by atoms with Gasteiger partial charge in [-0.25, -0.2) is 0 Å². The van der Waals surface area contributed by atoms with Crippen molar-refractivity contribution in [2.24, 2.45) is 5.92 Å². The van der Waals surface area contributed by atoms with Crippen LogP contribution >= 0.6 is 11.6 Å². The number of ether oxygens (including phenoxy) is 3. The summed E-state index contributed by atoms with van der Waals surface area (Å²) < 4.78 is 16.5. The van der Waals surface area contributed by atoms with Gasteiger partial charge in [-0.15, -0.1) is 0 Å². The molecule has 5 nitrogen and oxygen atoms in total. The number of rotatable bonds is 9. The van der Waals surface area contributed by atoms with E-state index in [1.807, 2.05) is 20.8 Å². The summed E-state index contributed by atoms with van der Waals surface area (Å²) in [6.07, 6.45) is 1.94. The van der Waals surface area contributed by atoms with Crippen molar-refractivity contribution < 1.29 is 19.0 Å². The van der Waals surface area contributed by atoms with Gasteiger partial charge in [0.15, 0.2) is 0 Å². The van der Waals surface area contributed by atoms with Crippen molar-refractivity contribution in [1.82, 2.24) is 0 Å². The van der Waals surface area contributed by atoms with Crippen LogP contribution in [0.15, 0.2) is 18.2 Å². The fourth-order valence-corrected chi connectivity index (χ4v) is 2.94. The molecule has 1 N–H and O–H groups in total. The number of hydrogen-bond acceptors (Lipinski definition) is 4. The lowest BCUT2D eigenvalue weighted by molar-refractivity contribution is -0.141. The molecule has 0 aliphatic heterocycles. The predicted octanol–water partition coefficient (Wildman–Crippen LogP) is 3.90. The average Bonchev–Trinajstić information content (AvgIpc) is 3.35. The molecule has 1 aromatic rings. The molecular weight excluding hydrogens is 330 g/mol. The van der Waals surface area contributed by atoms with Crippen molar-refractivity contribution in [2.45, 2.75) is 45.3 Å². The maximum Gasteiger partial charge on any atom is 0.256 e. The van der Waals surface area contributed by atoms with Gasteiger partial charge in [-0.1, -0.05) is 11.6 Å². The third-order valence-electron chi connectivity index (χ3n) is 4.17. The lowest BCUT2D eigenvalue weighted by Crippen LogP contribution is -2.44. The zero-order valence-corrected chi connectivity index (χ0v) is 15.5. The van der Waals surface area contributed by atoms with Crippen molar-refractivity contribution in [2.75, 3.05) is 25.6 Å². The Labute approximate surface area is 148 Å². The molecule has 24 heavy (non-hydrogen) atoms. The molecule has 1 fully saturated rings. The number of carbonyl (C=O) groups excluding carboxylic acids is 1. The highest BCUT2D eigenvalue weighted by Gasteiger charge is 2.48. The topological polar surface area (TPSA) is 56.8 Å². The van der Waals surface area contributed by atoms with Gasteiger partial charge in [0.25, 0.3) is 5.91 Å². The molecule has 0 unspecified atom stereocenters. The number of anilines is 1. The van der Waals surface area contributed by atoms with Gasteiger partial charge in [0.05, 0.1) is 11.6 Å². The van der Waals surface area contributed by atoms with Crippen LogP contribution in [-0.4, -0.2) is 37.9 Å². The van der Waals surface area contributed by atoms with Crippen LogP contribution in [0.2, 0.25) is 5.02 Å². The number of amides is 1. The van der Waals surface area contributed by atoms with Crippen molar-refractivity contribution in [3.63, 3.8) is 0 Å². The maximum atomic E-state index is 12.6. The predicted molar refractivity (Wildman–Crippen MR) is 94.8 cm³/mol. The molecule has 6 heteroatoms. The Morgan fingerprint density at radius 1 is 1.46 bits per heavy atom. The van der Waals surface area contributed by atoms with E-state index in [4.69, 9.17) is 25.8 Å². The standard InChI is InChI=1S/C18H26ClNO4/c1-5-23-18(3,13-6-7-13)17(21)20-14-8-9-16(15(19)10-14)24-12(2)11-22-4/h8-10,12-13H,5-7,11H2,1-4H3,(H,20,21)/t12-,18+/m0/s1. The summed E-state index contributed by atoms with van der Waals surface area (Å²) in [7, 11) is 1.62. The van der Waals surface area contributed by atoms with Crippen LogP contribution in [0.25, 0.3) is 0 Å². The highest BCUT2D eigenvalue weighted by Crippen LogP contribution is 2.42. The van der Waals surface area contributed by atoms with Gasteiger partial charge in [0.1, 0.15) is 17.5 Å². The molecule has 0 aromatic heterocycles. The summed E-state index contributed by atoms with van der Waals surface area (Å²) in [5, 5.41) is 3.35. The highest BCUT2D eigenvalue weighted by atomic mass is 35.5. The number of carbonyl (C=O) groups is 1. The Hall–Kier alpha value is -1.30. The first-order valence-electron chi connectivity index (χ1n) is 8.31. The molecule has 0 saturated heterocycles. The average molecular weight is 356 g/mol. The van der Waals surface area contributed by atoms with E-state index in [1.54, 1.807) is 25.3 Å². The molecule has 134 valence electrons. The van der Waals surface area contributed by atoms with Crippen LogP contribution in [0.1, 0.15) is 33.6 Å². The van der Waals surface area contributed by atoms with Crippen molar-refractivity contribution in [1.29, 1.82) is 0 Å². The van der Waals surface area contributed by atoms with Gasteiger partial charge in [-0.05, 0) is 57.7 Å². The van der Waals surface area contributed by atoms with Gasteiger partial charge < -0.3 is 19.5 Å². The van der Waals surface area contributed by atoms with Gasteiger partial charge in [-0.3, -0.25) is 4.79 Å². The fourth-order valence-electron chi connectivity index (χ4n) is 2.72. The Kier molecular flexibility index (Phi) is 6.49. The van der Waals surface area contributed by atoms with Crippen LogP contribution < -0.4 is 10.1 Å². The van der Waals surface area contributed by atoms with E-state index in [9.17, 15) is 4.79 Å². The molecule has 0 heterocycles. The summed E-state index contributed by atoms with van der Waals surface area (Å²) in [5.74, 6) is 0.712. The normalized spacial score (nSPS) is 17.9. The van der Waals surface area contributed by atoms with Crippen LogP contribution in [0.3, 0.4) is 0 Å². The number of nitrogens with one attached hydrogen (secondary N) is 1. The third kappa shape index (κ3) is 4.62. The van der Waals surface area contributed by atoms with Crippen molar-refractivity contribution in [3.8, 4) is 5.75 Å². The summed E-state index contributed by atoms with van der Waals surface area (Å²) in [6, 6.07) is 5.21. The van der Waals surface area contributed by atoms with E-state index in [-0.39, 0.29) is 17.9 Å². The summed E-state index contributed by atoms with van der Waals surface area (Å²) in [4.78, 5) is 12.6. The third-order valence-corrected chi connectivity index (χ3v) is 4.47. The van der Waals surface area contributed by atoms with Crippen LogP contribution in [-0.2, 0) is 14.3 Å². The molecule has 1 saturated carbocycles. The smallest absolute Gasteiger partial charge is 0.256 e. The van der Waals surface area contributed by atoms with E-state index in [0.717, 1.165) is 12.8 Å². The minimum Gasteiger partial charge on any atom is -0.487 e. The first-order valence-corrected chi connectivity index (χ1v) is 8.69. The van der Waals surface area contributed by atoms with Gasteiger partial charge in [0.2, 0.25) is 0 Å². The van der Waals surface area contributed by atoms with Crippen LogP contribution in [0, 0.1) is 5.92 Å². The highest BCUT2D eigenvalue weighted by molar-refractivity contribution is 6.32. The summed E-state index contributed by atoms with van der Waals surface area (Å²) in [6.45, 7) is 6.64. The number of halogens is 1. The molecule has 2 atom stereocenters.